The fraction of sp³-hybridized carbons (Fsp3) is 0.400. The van der Waals surface area contributed by atoms with E-state index in [9.17, 15) is 14.3 Å². The zero-order valence-electron chi connectivity index (χ0n) is 13.6. The highest BCUT2D eigenvalue weighted by Crippen LogP contribution is 2.72. The quantitative estimate of drug-likeness (QED) is 0.883. The van der Waals surface area contributed by atoms with Gasteiger partial charge in [-0.25, -0.2) is 4.39 Å². The Morgan fingerprint density at radius 3 is 2.67 bits per heavy atom. The Morgan fingerprint density at radius 1 is 1.29 bits per heavy atom. The fourth-order valence-corrected chi connectivity index (χ4v) is 4.23. The number of nitrogens with zero attached hydrogens (tertiary/aromatic N) is 1. The molecule has 1 aromatic heterocycles. The van der Waals surface area contributed by atoms with Gasteiger partial charge in [-0.05, 0) is 48.6 Å². The lowest BCUT2D eigenvalue weighted by Gasteiger charge is -2.10. The fourth-order valence-electron chi connectivity index (χ4n) is 4.23. The number of aromatic nitrogens is 1. The molecule has 0 spiro atoms. The first-order chi connectivity index (χ1) is 11.6. The van der Waals surface area contributed by atoms with Crippen LogP contribution < -0.4 is 0 Å². The van der Waals surface area contributed by atoms with Crippen LogP contribution in [-0.2, 0) is 4.79 Å². The molecule has 2 fully saturated rings. The van der Waals surface area contributed by atoms with E-state index in [1.807, 2.05) is 19.1 Å². The van der Waals surface area contributed by atoms with Gasteiger partial charge in [-0.3, -0.25) is 9.78 Å². The van der Waals surface area contributed by atoms with Gasteiger partial charge in [0.25, 0.3) is 0 Å². The van der Waals surface area contributed by atoms with Crippen molar-refractivity contribution in [3.63, 3.8) is 0 Å². The Bertz CT molecular complexity index is 802. The van der Waals surface area contributed by atoms with Gasteiger partial charge in [0.15, 0.2) is 0 Å². The Labute approximate surface area is 140 Å². The third kappa shape index (κ3) is 2.16. The summed E-state index contributed by atoms with van der Waals surface area (Å²) in [5.41, 5.74) is 1.60. The number of rotatable bonds is 5. The molecule has 3 atom stereocenters. The Balaban J connectivity index is 1.79. The van der Waals surface area contributed by atoms with Gasteiger partial charge in [0.1, 0.15) is 5.82 Å². The summed E-state index contributed by atoms with van der Waals surface area (Å²) in [4.78, 5) is 16.5. The summed E-state index contributed by atoms with van der Waals surface area (Å²) in [6.07, 6.45) is 4.54. The van der Waals surface area contributed by atoms with Crippen molar-refractivity contribution < 1.29 is 14.3 Å². The summed E-state index contributed by atoms with van der Waals surface area (Å²) >= 11 is 0. The second-order valence-electron chi connectivity index (χ2n) is 6.96. The largest absolute Gasteiger partial charge is 0.481 e. The van der Waals surface area contributed by atoms with Crippen LogP contribution in [0.15, 0.2) is 42.6 Å². The SMILES string of the molecule is CCC1(C(=O)O)C(c2ccnc(C3CC3)c2)C1c1ccccc1F. The Kier molecular flexibility index (Phi) is 3.44. The predicted octanol–water partition coefficient (Wildman–Crippen LogP) is 4.46. The molecule has 0 saturated heterocycles. The first-order valence-corrected chi connectivity index (χ1v) is 8.53. The van der Waals surface area contributed by atoms with E-state index in [1.54, 1.807) is 24.4 Å². The monoisotopic (exact) mass is 325 g/mol. The summed E-state index contributed by atoms with van der Waals surface area (Å²) in [5, 5.41) is 9.91. The van der Waals surface area contributed by atoms with E-state index >= 15 is 0 Å². The molecule has 3 unspecified atom stereocenters. The van der Waals surface area contributed by atoms with Gasteiger partial charge < -0.3 is 5.11 Å². The molecule has 3 nitrogen and oxygen atoms in total. The average molecular weight is 325 g/mol. The van der Waals surface area contributed by atoms with Gasteiger partial charge in [0.2, 0.25) is 0 Å². The molecular formula is C20H20FNO2. The van der Waals surface area contributed by atoms with Crippen molar-refractivity contribution in [2.75, 3.05) is 0 Å². The van der Waals surface area contributed by atoms with Crippen molar-refractivity contribution in [2.45, 2.75) is 43.9 Å². The van der Waals surface area contributed by atoms with Crippen LogP contribution in [0.2, 0.25) is 0 Å². The zero-order chi connectivity index (χ0) is 16.9. The first-order valence-electron chi connectivity index (χ1n) is 8.53. The molecule has 0 amide bonds. The van der Waals surface area contributed by atoms with Gasteiger partial charge in [-0.1, -0.05) is 25.1 Å². The number of pyridine rings is 1. The highest BCUT2D eigenvalue weighted by molar-refractivity contribution is 5.84. The number of halogens is 1. The maximum absolute atomic E-state index is 14.3. The lowest BCUT2D eigenvalue weighted by molar-refractivity contribution is -0.143. The van der Waals surface area contributed by atoms with E-state index in [-0.39, 0.29) is 17.7 Å². The third-order valence-electron chi connectivity index (χ3n) is 5.72. The highest BCUT2D eigenvalue weighted by atomic mass is 19.1. The molecule has 0 aliphatic heterocycles. The van der Waals surface area contributed by atoms with E-state index in [1.165, 1.54) is 6.07 Å². The van der Waals surface area contributed by atoms with E-state index in [0.29, 0.717) is 17.9 Å². The maximum Gasteiger partial charge on any atom is 0.310 e. The summed E-state index contributed by atoms with van der Waals surface area (Å²) in [6.45, 7) is 1.88. The van der Waals surface area contributed by atoms with E-state index < -0.39 is 11.4 Å². The molecule has 24 heavy (non-hydrogen) atoms. The minimum absolute atomic E-state index is 0.197. The number of carboxylic acid groups (broad SMARTS) is 1. The van der Waals surface area contributed by atoms with Crippen LogP contribution in [0.5, 0.6) is 0 Å². The van der Waals surface area contributed by atoms with Gasteiger partial charge in [0.05, 0.1) is 5.41 Å². The molecule has 4 rings (SSSR count). The molecule has 2 aliphatic rings. The van der Waals surface area contributed by atoms with Crippen molar-refractivity contribution in [3.8, 4) is 0 Å². The van der Waals surface area contributed by atoms with Crippen molar-refractivity contribution in [2.24, 2.45) is 5.41 Å². The van der Waals surface area contributed by atoms with Crippen molar-refractivity contribution in [3.05, 3.63) is 65.2 Å². The van der Waals surface area contributed by atoms with Gasteiger partial charge in [-0.15, -0.1) is 0 Å². The standard InChI is InChI=1S/C20H20FNO2/c1-2-20(19(23)24)17(18(20)14-5-3-4-6-15(14)21)13-9-10-22-16(11-13)12-7-8-12/h3-6,9-12,17-18H,2,7-8H2,1H3,(H,23,24). The molecule has 0 bridgehead atoms. The van der Waals surface area contributed by atoms with Crippen LogP contribution in [0.3, 0.4) is 0 Å². The van der Waals surface area contributed by atoms with Crippen LogP contribution in [-0.4, -0.2) is 16.1 Å². The lowest BCUT2D eigenvalue weighted by atomic mass is 9.94. The molecule has 1 aromatic carbocycles. The normalized spacial score (nSPS) is 28.6. The lowest BCUT2D eigenvalue weighted by Crippen LogP contribution is -2.18. The van der Waals surface area contributed by atoms with Crippen LogP contribution >= 0.6 is 0 Å². The molecule has 1 heterocycles. The minimum Gasteiger partial charge on any atom is -0.481 e. The van der Waals surface area contributed by atoms with Gasteiger partial charge in [-0.2, -0.15) is 0 Å². The average Bonchev–Trinajstić information content (AvgIpc) is 3.48. The number of carboxylic acids is 1. The molecule has 0 radical (unpaired) electrons. The molecule has 4 heteroatoms. The molecule has 124 valence electrons. The summed E-state index contributed by atoms with van der Waals surface area (Å²) in [6, 6.07) is 10.5. The number of hydrogen-bond donors (Lipinski definition) is 1. The van der Waals surface area contributed by atoms with Crippen LogP contribution in [0.4, 0.5) is 4.39 Å². The van der Waals surface area contributed by atoms with Crippen molar-refractivity contribution in [1.29, 1.82) is 0 Å². The van der Waals surface area contributed by atoms with E-state index in [2.05, 4.69) is 4.98 Å². The van der Waals surface area contributed by atoms with E-state index in [0.717, 1.165) is 24.1 Å². The van der Waals surface area contributed by atoms with Gasteiger partial charge >= 0.3 is 5.97 Å². The highest BCUT2D eigenvalue weighted by Gasteiger charge is 2.70. The van der Waals surface area contributed by atoms with Crippen LogP contribution in [0.25, 0.3) is 0 Å². The Hall–Kier alpha value is -2.23. The smallest absolute Gasteiger partial charge is 0.310 e. The summed E-state index contributed by atoms with van der Waals surface area (Å²) in [7, 11) is 0. The number of aliphatic carboxylic acids is 1. The van der Waals surface area contributed by atoms with Crippen molar-refractivity contribution in [1.82, 2.24) is 4.98 Å². The van der Waals surface area contributed by atoms with Crippen molar-refractivity contribution >= 4 is 5.97 Å². The molecule has 2 aliphatic carbocycles. The molecular weight excluding hydrogens is 305 g/mol. The second kappa shape index (κ2) is 5.40. The summed E-state index contributed by atoms with van der Waals surface area (Å²) < 4.78 is 14.3. The summed E-state index contributed by atoms with van der Waals surface area (Å²) in [5.74, 6) is -1.17. The molecule has 2 saturated carbocycles. The van der Waals surface area contributed by atoms with E-state index in [4.69, 9.17) is 0 Å². The first kappa shape index (κ1) is 15.3. The maximum atomic E-state index is 14.3. The molecule has 1 N–H and O–H groups in total. The topological polar surface area (TPSA) is 50.2 Å². The number of carbonyl (C=O) groups is 1. The second-order valence-corrected chi connectivity index (χ2v) is 6.96. The minimum atomic E-state index is -0.926. The number of hydrogen-bond acceptors (Lipinski definition) is 2. The van der Waals surface area contributed by atoms with Crippen LogP contribution in [0, 0.1) is 11.2 Å². The zero-order valence-corrected chi connectivity index (χ0v) is 13.6. The van der Waals surface area contributed by atoms with Gasteiger partial charge in [0, 0.05) is 29.6 Å². The molecule has 2 aromatic rings. The van der Waals surface area contributed by atoms with Crippen LogP contribution in [0.1, 0.15) is 60.8 Å². The number of benzene rings is 1. The third-order valence-corrected chi connectivity index (χ3v) is 5.72. The predicted molar refractivity (Wildman–Crippen MR) is 88.5 cm³/mol. The Morgan fingerprint density at radius 2 is 2.04 bits per heavy atom.